The van der Waals surface area contributed by atoms with Gasteiger partial charge in [0.25, 0.3) is 0 Å². The molecule has 1 aromatic rings. The lowest BCUT2D eigenvalue weighted by Gasteiger charge is -2.20. The van der Waals surface area contributed by atoms with E-state index in [9.17, 15) is 0 Å². The van der Waals surface area contributed by atoms with E-state index in [4.69, 9.17) is 0 Å². The van der Waals surface area contributed by atoms with Gasteiger partial charge in [-0.05, 0) is 53.4 Å². The molecule has 0 fully saturated rings. The minimum atomic E-state index is 0.476. The number of allylic oxidation sites excluding steroid dienone is 1. The van der Waals surface area contributed by atoms with Crippen LogP contribution in [0.1, 0.15) is 19.3 Å². The van der Waals surface area contributed by atoms with Crippen LogP contribution < -0.4 is 5.32 Å². The van der Waals surface area contributed by atoms with Crippen LogP contribution in [0, 0.1) is 0 Å². The second-order valence-corrected chi connectivity index (χ2v) is 5.50. The van der Waals surface area contributed by atoms with Gasteiger partial charge in [-0.1, -0.05) is 28.1 Å². The van der Waals surface area contributed by atoms with Crippen LogP contribution in [0.3, 0.4) is 0 Å². The summed E-state index contributed by atoms with van der Waals surface area (Å²) in [6.07, 6.45) is 8.23. The van der Waals surface area contributed by atoms with Crippen molar-refractivity contribution in [2.75, 3.05) is 5.32 Å². The van der Waals surface area contributed by atoms with Crippen molar-refractivity contribution in [2.24, 2.45) is 0 Å². The van der Waals surface area contributed by atoms with Gasteiger partial charge >= 0.3 is 0 Å². The summed E-state index contributed by atoms with van der Waals surface area (Å²) >= 11 is 7.03. The lowest BCUT2D eigenvalue weighted by molar-refractivity contribution is 0.673. The van der Waals surface area contributed by atoms with Crippen molar-refractivity contribution < 1.29 is 0 Å². The van der Waals surface area contributed by atoms with Crippen molar-refractivity contribution >= 4 is 37.5 Å². The Balaban J connectivity index is 2.12. The predicted octanol–water partition coefficient (Wildman–Crippen LogP) is 4.73. The number of rotatable bonds is 2. The van der Waals surface area contributed by atoms with E-state index >= 15 is 0 Å². The molecule has 80 valence electrons. The van der Waals surface area contributed by atoms with Gasteiger partial charge in [0.15, 0.2) is 0 Å². The molecule has 1 atom stereocenters. The first-order valence-electron chi connectivity index (χ1n) is 5.14. The third-order valence-electron chi connectivity index (χ3n) is 2.52. The van der Waals surface area contributed by atoms with E-state index in [-0.39, 0.29) is 0 Å². The SMILES string of the molecule is Brc1ccc(Br)c(NC2C=CCCC2)c1. The highest BCUT2D eigenvalue weighted by atomic mass is 79.9. The Bertz CT molecular complexity index is 374. The Labute approximate surface area is 107 Å². The van der Waals surface area contributed by atoms with Gasteiger partial charge in [0, 0.05) is 15.0 Å². The Morgan fingerprint density at radius 1 is 1.27 bits per heavy atom. The van der Waals surface area contributed by atoms with Crippen LogP contribution in [0.2, 0.25) is 0 Å². The van der Waals surface area contributed by atoms with Crippen molar-refractivity contribution in [3.8, 4) is 0 Å². The third-order valence-corrected chi connectivity index (χ3v) is 3.71. The minimum absolute atomic E-state index is 0.476. The summed E-state index contributed by atoms with van der Waals surface area (Å²) in [5.74, 6) is 0. The van der Waals surface area contributed by atoms with Crippen molar-refractivity contribution in [3.05, 3.63) is 39.3 Å². The number of nitrogens with one attached hydrogen (secondary N) is 1. The maximum atomic E-state index is 3.55. The Kier molecular flexibility index (Phi) is 3.87. The molecule has 1 nitrogen and oxygen atoms in total. The van der Waals surface area contributed by atoms with Gasteiger partial charge in [-0.15, -0.1) is 0 Å². The molecule has 0 heterocycles. The topological polar surface area (TPSA) is 12.0 Å². The monoisotopic (exact) mass is 329 g/mol. The van der Waals surface area contributed by atoms with Crippen LogP contribution in [0.4, 0.5) is 5.69 Å². The molecule has 1 N–H and O–H groups in total. The third kappa shape index (κ3) is 3.08. The molecule has 1 aliphatic rings. The van der Waals surface area contributed by atoms with Crippen molar-refractivity contribution in [1.29, 1.82) is 0 Å². The lowest BCUT2D eigenvalue weighted by atomic mass is 10.0. The zero-order chi connectivity index (χ0) is 10.7. The number of hydrogen-bond donors (Lipinski definition) is 1. The highest BCUT2D eigenvalue weighted by Gasteiger charge is 2.09. The van der Waals surface area contributed by atoms with Gasteiger partial charge < -0.3 is 5.32 Å². The Hall–Kier alpha value is -0.280. The van der Waals surface area contributed by atoms with Crippen molar-refractivity contribution in [3.63, 3.8) is 0 Å². The molecule has 3 heteroatoms. The summed E-state index contributed by atoms with van der Waals surface area (Å²) in [7, 11) is 0. The first kappa shape index (κ1) is 11.2. The van der Waals surface area contributed by atoms with Crippen LogP contribution in [0.15, 0.2) is 39.3 Å². The summed E-state index contributed by atoms with van der Waals surface area (Å²) in [6.45, 7) is 0. The maximum Gasteiger partial charge on any atom is 0.0500 e. The highest BCUT2D eigenvalue weighted by Crippen LogP contribution is 2.28. The van der Waals surface area contributed by atoms with Gasteiger partial charge in [-0.3, -0.25) is 0 Å². The van der Waals surface area contributed by atoms with Crippen LogP contribution in [-0.2, 0) is 0 Å². The second kappa shape index (κ2) is 5.17. The molecule has 0 radical (unpaired) electrons. The standard InChI is InChI=1S/C12H13Br2N/c13-9-6-7-11(14)12(8-9)15-10-4-2-1-3-5-10/h2,4,6-8,10,15H,1,3,5H2. The fourth-order valence-electron chi connectivity index (χ4n) is 1.74. The van der Waals surface area contributed by atoms with Gasteiger partial charge in [-0.25, -0.2) is 0 Å². The van der Waals surface area contributed by atoms with Crippen LogP contribution in [0.5, 0.6) is 0 Å². The number of benzene rings is 1. The van der Waals surface area contributed by atoms with E-state index in [1.807, 2.05) is 6.07 Å². The first-order valence-corrected chi connectivity index (χ1v) is 6.72. The van der Waals surface area contributed by atoms with E-state index in [2.05, 4.69) is 61.5 Å². The molecule has 2 rings (SSSR count). The largest absolute Gasteiger partial charge is 0.378 e. The lowest BCUT2D eigenvalue weighted by Crippen LogP contribution is -2.18. The molecular formula is C12H13Br2N. The fourth-order valence-corrected chi connectivity index (χ4v) is 2.46. The normalized spacial score (nSPS) is 20.3. The summed E-state index contributed by atoms with van der Waals surface area (Å²) < 4.78 is 2.22. The molecule has 1 aromatic carbocycles. The maximum absolute atomic E-state index is 3.55. The summed E-state index contributed by atoms with van der Waals surface area (Å²) in [4.78, 5) is 0. The molecule has 0 saturated carbocycles. The molecule has 0 bridgehead atoms. The average molecular weight is 331 g/mol. The van der Waals surface area contributed by atoms with E-state index in [0.29, 0.717) is 6.04 Å². The minimum Gasteiger partial charge on any atom is -0.378 e. The molecule has 0 spiro atoms. The first-order chi connectivity index (χ1) is 7.25. The zero-order valence-corrected chi connectivity index (χ0v) is 11.5. The summed E-state index contributed by atoms with van der Waals surface area (Å²) in [6, 6.07) is 6.67. The second-order valence-electron chi connectivity index (χ2n) is 3.73. The molecule has 1 aliphatic carbocycles. The smallest absolute Gasteiger partial charge is 0.0500 e. The van der Waals surface area contributed by atoms with Crippen LogP contribution in [0.25, 0.3) is 0 Å². The molecule has 15 heavy (non-hydrogen) atoms. The van der Waals surface area contributed by atoms with E-state index in [1.54, 1.807) is 0 Å². The van der Waals surface area contributed by atoms with Crippen molar-refractivity contribution in [2.45, 2.75) is 25.3 Å². The van der Waals surface area contributed by atoms with Gasteiger partial charge in [0.05, 0.1) is 5.69 Å². The summed E-state index contributed by atoms with van der Waals surface area (Å²) in [5.41, 5.74) is 1.15. The molecule has 1 unspecified atom stereocenters. The quantitative estimate of drug-likeness (QED) is 0.773. The number of hydrogen-bond acceptors (Lipinski definition) is 1. The van der Waals surface area contributed by atoms with Crippen LogP contribution in [-0.4, -0.2) is 6.04 Å². The predicted molar refractivity (Wildman–Crippen MR) is 72.2 cm³/mol. The molecule has 0 aromatic heterocycles. The van der Waals surface area contributed by atoms with E-state index in [1.165, 1.54) is 19.3 Å². The van der Waals surface area contributed by atoms with Crippen molar-refractivity contribution in [1.82, 2.24) is 0 Å². The number of halogens is 2. The summed E-state index contributed by atoms with van der Waals surface area (Å²) in [5, 5.41) is 3.53. The zero-order valence-electron chi connectivity index (χ0n) is 8.34. The molecule has 0 aliphatic heterocycles. The number of anilines is 1. The van der Waals surface area contributed by atoms with Crippen LogP contribution >= 0.6 is 31.9 Å². The van der Waals surface area contributed by atoms with Gasteiger partial charge in [0.1, 0.15) is 0 Å². The Morgan fingerprint density at radius 3 is 2.87 bits per heavy atom. The Morgan fingerprint density at radius 2 is 2.13 bits per heavy atom. The van der Waals surface area contributed by atoms with Gasteiger partial charge in [0.2, 0.25) is 0 Å². The average Bonchev–Trinajstić information content (AvgIpc) is 2.25. The van der Waals surface area contributed by atoms with Gasteiger partial charge in [-0.2, -0.15) is 0 Å². The molecular weight excluding hydrogens is 318 g/mol. The van der Waals surface area contributed by atoms with E-state index in [0.717, 1.165) is 14.6 Å². The molecule has 0 saturated heterocycles. The highest BCUT2D eigenvalue weighted by molar-refractivity contribution is 9.11. The fraction of sp³-hybridized carbons (Fsp3) is 0.333. The molecule has 0 amide bonds. The van der Waals surface area contributed by atoms with E-state index < -0.39 is 0 Å².